The van der Waals surface area contributed by atoms with Crippen molar-refractivity contribution in [1.82, 2.24) is 10.3 Å². The highest BCUT2D eigenvalue weighted by Gasteiger charge is 2.33. The largest absolute Gasteiger partial charge is 0.433 e. The first-order valence-corrected chi connectivity index (χ1v) is 11.0. The fourth-order valence-corrected chi connectivity index (χ4v) is 3.24. The number of sulfonamides is 1. The van der Waals surface area contributed by atoms with Gasteiger partial charge in [-0.2, -0.15) is 18.4 Å². The number of carbonyl (C=O) groups excluding carboxylic acids is 1. The van der Waals surface area contributed by atoms with E-state index >= 15 is 0 Å². The fourth-order valence-electron chi connectivity index (χ4n) is 2.66. The molecule has 2 aromatic rings. The first kappa shape index (κ1) is 25.6. The van der Waals surface area contributed by atoms with Gasteiger partial charge in [-0.15, -0.1) is 0 Å². The highest BCUT2D eigenvalue weighted by atomic mass is 32.2. The Hall–Kier alpha value is -3.66. The van der Waals surface area contributed by atoms with Gasteiger partial charge in [-0.3, -0.25) is 9.52 Å². The van der Waals surface area contributed by atoms with Crippen LogP contribution >= 0.6 is 0 Å². The van der Waals surface area contributed by atoms with Crippen LogP contribution in [-0.2, 0) is 27.5 Å². The molecule has 0 aliphatic rings. The number of nitriles is 1. The Balaban J connectivity index is 2.16. The Morgan fingerprint density at radius 1 is 1.27 bits per heavy atom. The van der Waals surface area contributed by atoms with Crippen molar-refractivity contribution in [2.45, 2.75) is 12.7 Å². The van der Waals surface area contributed by atoms with Crippen molar-refractivity contribution in [2.24, 2.45) is 0 Å². The summed E-state index contributed by atoms with van der Waals surface area (Å²) in [5, 5.41) is 11.6. The predicted octanol–water partition coefficient (Wildman–Crippen LogP) is 2.88. The summed E-state index contributed by atoms with van der Waals surface area (Å²) >= 11 is 0. The van der Waals surface area contributed by atoms with Crippen LogP contribution in [0, 0.1) is 17.1 Å². The lowest BCUT2D eigenvalue weighted by atomic mass is 10.1. The van der Waals surface area contributed by atoms with Gasteiger partial charge in [0, 0.05) is 32.3 Å². The smallest absolute Gasteiger partial charge is 0.362 e. The van der Waals surface area contributed by atoms with Crippen LogP contribution in [0.4, 0.5) is 29.1 Å². The molecule has 0 atom stereocenters. The number of carbonyl (C=O) groups is 1. The maximum Gasteiger partial charge on any atom is 0.433 e. The van der Waals surface area contributed by atoms with E-state index < -0.39 is 39.3 Å². The van der Waals surface area contributed by atoms with E-state index in [1.54, 1.807) is 6.07 Å². The molecular weight excluding hydrogens is 466 g/mol. The van der Waals surface area contributed by atoms with Gasteiger partial charge in [0.25, 0.3) is 0 Å². The monoisotopic (exact) mass is 485 g/mol. The molecule has 0 bridgehead atoms. The van der Waals surface area contributed by atoms with E-state index in [4.69, 9.17) is 5.26 Å². The normalized spacial score (nSPS) is 11.8. The average Bonchev–Trinajstić information content (AvgIpc) is 2.70. The third-order valence-corrected chi connectivity index (χ3v) is 4.63. The van der Waals surface area contributed by atoms with Gasteiger partial charge in [-0.1, -0.05) is 0 Å². The lowest BCUT2D eigenvalue weighted by Gasteiger charge is -2.16. The summed E-state index contributed by atoms with van der Waals surface area (Å²) in [5.74, 6) is -1.63. The quantitative estimate of drug-likeness (QED) is 0.460. The third-order valence-electron chi connectivity index (χ3n) is 4.06. The fraction of sp³-hybridized carbons (Fsp3) is 0.250. The number of pyridine rings is 1. The maximum absolute atomic E-state index is 14.3. The Labute approximate surface area is 187 Å². The molecule has 33 heavy (non-hydrogen) atoms. The van der Waals surface area contributed by atoms with Crippen LogP contribution in [0.15, 0.2) is 30.3 Å². The van der Waals surface area contributed by atoms with Crippen molar-refractivity contribution >= 4 is 33.5 Å². The molecule has 1 amide bonds. The Morgan fingerprint density at radius 2 is 1.94 bits per heavy atom. The van der Waals surface area contributed by atoms with Gasteiger partial charge in [-0.05, 0) is 35.9 Å². The molecule has 8 nitrogen and oxygen atoms in total. The van der Waals surface area contributed by atoms with Crippen LogP contribution in [0.5, 0.6) is 0 Å². The predicted molar refractivity (Wildman–Crippen MR) is 114 cm³/mol. The van der Waals surface area contributed by atoms with E-state index in [0.29, 0.717) is 0 Å². The number of rotatable bonds is 7. The van der Waals surface area contributed by atoms with E-state index in [9.17, 15) is 30.8 Å². The SMILES string of the molecule is CN(C)c1nc(C(F)(F)F)ccc1C=CC(=O)NCc1cc(F)c(NS(C)(=O)=O)c(C#N)c1. The molecular formula is C20H19F4N5O3S. The topological polar surface area (TPSA) is 115 Å². The molecule has 13 heteroatoms. The summed E-state index contributed by atoms with van der Waals surface area (Å²) in [6, 6.07) is 5.83. The molecule has 0 aliphatic carbocycles. The first-order valence-electron chi connectivity index (χ1n) is 9.13. The second-order valence-electron chi connectivity index (χ2n) is 7.04. The summed E-state index contributed by atoms with van der Waals surface area (Å²) in [6.45, 7) is -0.195. The first-order chi connectivity index (χ1) is 15.2. The van der Waals surface area contributed by atoms with Crippen LogP contribution in [0.2, 0.25) is 0 Å². The van der Waals surface area contributed by atoms with Gasteiger partial charge in [0.1, 0.15) is 29.1 Å². The van der Waals surface area contributed by atoms with Crippen molar-refractivity contribution in [3.05, 3.63) is 58.5 Å². The van der Waals surface area contributed by atoms with Gasteiger partial charge < -0.3 is 10.2 Å². The number of anilines is 2. The summed E-state index contributed by atoms with van der Waals surface area (Å²) in [5.41, 5.74) is -1.39. The molecule has 0 unspecified atom stereocenters. The van der Waals surface area contributed by atoms with Crippen LogP contribution in [0.1, 0.15) is 22.4 Å². The minimum absolute atomic E-state index is 0.00331. The second-order valence-corrected chi connectivity index (χ2v) is 8.79. The van der Waals surface area contributed by atoms with Gasteiger partial charge >= 0.3 is 6.18 Å². The van der Waals surface area contributed by atoms with Gasteiger partial charge in [0.15, 0.2) is 0 Å². The number of nitrogens with zero attached hydrogens (tertiary/aromatic N) is 3. The zero-order valence-corrected chi connectivity index (χ0v) is 18.5. The molecule has 1 aromatic carbocycles. The Bertz CT molecular complexity index is 1240. The average molecular weight is 485 g/mol. The lowest BCUT2D eigenvalue weighted by Crippen LogP contribution is -2.21. The van der Waals surface area contributed by atoms with E-state index in [1.165, 1.54) is 37.2 Å². The van der Waals surface area contributed by atoms with Gasteiger partial charge in [0.2, 0.25) is 15.9 Å². The molecule has 0 saturated carbocycles. The van der Waals surface area contributed by atoms with E-state index in [-0.39, 0.29) is 29.1 Å². The molecule has 2 N–H and O–H groups in total. The number of nitrogens with one attached hydrogen (secondary N) is 2. The minimum atomic E-state index is -4.62. The molecule has 1 aromatic heterocycles. The number of hydrogen-bond acceptors (Lipinski definition) is 6. The van der Waals surface area contributed by atoms with Crippen molar-refractivity contribution in [1.29, 1.82) is 5.26 Å². The number of alkyl halides is 3. The number of benzene rings is 1. The minimum Gasteiger partial charge on any atom is -0.362 e. The molecule has 0 spiro atoms. The van der Waals surface area contributed by atoms with Crippen LogP contribution in [0.25, 0.3) is 6.08 Å². The van der Waals surface area contributed by atoms with Crippen molar-refractivity contribution in [3.8, 4) is 6.07 Å². The maximum atomic E-state index is 14.3. The number of aromatic nitrogens is 1. The van der Waals surface area contributed by atoms with Crippen molar-refractivity contribution in [2.75, 3.05) is 30.0 Å². The number of amides is 1. The second kappa shape index (κ2) is 9.86. The molecule has 0 radical (unpaired) electrons. The summed E-state index contributed by atoms with van der Waals surface area (Å²) in [7, 11) is -0.809. The standard InChI is InChI=1S/C20H19F4N5O3S/c1-29(2)19-13(4-6-16(27-19)20(22,23)24)5-7-17(30)26-11-12-8-14(10-25)18(15(21)9-12)28-33(3,31)32/h4-9,28H,11H2,1-3H3,(H,26,30). The van der Waals surface area contributed by atoms with E-state index in [1.807, 2.05) is 4.72 Å². The molecule has 2 rings (SSSR count). The van der Waals surface area contributed by atoms with Gasteiger partial charge in [0.05, 0.1) is 11.8 Å². The molecule has 176 valence electrons. The van der Waals surface area contributed by atoms with Crippen LogP contribution in [-0.4, -0.2) is 39.7 Å². The molecule has 1 heterocycles. The van der Waals surface area contributed by atoms with E-state index in [2.05, 4.69) is 10.3 Å². The summed E-state index contributed by atoms with van der Waals surface area (Å²) < 4.78 is 77.5. The highest BCUT2D eigenvalue weighted by Crippen LogP contribution is 2.30. The Kier molecular flexibility index (Phi) is 7.65. The van der Waals surface area contributed by atoms with Crippen LogP contribution in [0.3, 0.4) is 0 Å². The lowest BCUT2D eigenvalue weighted by molar-refractivity contribution is -0.141. The molecule has 0 saturated heterocycles. The zero-order valence-electron chi connectivity index (χ0n) is 17.7. The number of hydrogen-bond donors (Lipinski definition) is 2. The highest BCUT2D eigenvalue weighted by molar-refractivity contribution is 7.92. The Morgan fingerprint density at radius 3 is 2.48 bits per heavy atom. The third kappa shape index (κ3) is 7.18. The van der Waals surface area contributed by atoms with Gasteiger partial charge in [-0.25, -0.2) is 17.8 Å². The zero-order chi connectivity index (χ0) is 25.0. The molecule has 0 fully saturated rings. The molecule has 0 aliphatic heterocycles. The van der Waals surface area contributed by atoms with Crippen molar-refractivity contribution < 1.29 is 30.8 Å². The summed E-state index contributed by atoms with van der Waals surface area (Å²) in [4.78, 5) is 17.1. The van der Waals surface area contributed by atoms with E-state index in [0.717, 1.165) is 24.5 Å². The summed E-state index contributed by atoms with van der Waals surface area (Å²) in [6.07, 6.45) is -1.47. The van der Waals surface area contributed by atoms with Crippen molar-refractivity contribution in [3.63, 3.8) is 0 Å². The number of halogens is 4. The van der Waals surface area contributed by atoms with Crippen LogP contribution < -0.4 is 14.9 Å².